The van der Waals surface area contributed by atoms with Crippen molar-refractivity contribution in [2.24, 2.45) is 0 Å². The van der Waals surface area contributed by atoms with E-state index >= 15 is 0 Å². The van der Waals surface area contributed by atoms with Gasteiger partial charge >= 0.3 is 49.7 Å². The quantitative estimate of drug-likeness (QED) is 0.593. The van der Waals surface area contributed by atoms with Gasteiger partial charge in [0.1, 0.15) is 0 Å². The average Bonchev–Trinajstić information content (AvgIpc) is 1.38. The van der Waals surface area contributed by atoms with Crippen LogP contribution < -0.4 is 0 Å². The summed E-state index contributed by atoms with van der Waals surface area (Å²) in [6, 6.07) is 0. The fraction of sp³-hybridized carbons (Fsp3) is 1.00. The molecule has 0 aliphatic carbocycles. The summed E-state index contributed by atoms with van der Waals surface area (Å²) in [5, 5.41) is 0. The van der Waals surface area contributed by atoms with Crippen LogP contribution in [0.25, 0.3) is 0 Å². The third-order valence-electron chi connectivity index (χ3n) is 0.134. The van der Waals surface area contributed by atoms with Crippen molar-refractivity contribution in [3.05, 3.63) is 0 Å². The Balaban J connectivity index is 2.54. The number of hydrogen-bond acceptors (Lipinski definition) is 0. The van der Waals surface area contributed by atoms with Gasteiger partial charge in [0.25, 0.3) is 0 Å². The molecular weight excluding hydrogens is 230 g/mol. The van der Waals surface area contributed by atoms with Crippen LogP contribution in [0.1, 0.15) is 0 Å². The Morgan fingerprint density at radius 1 is 1.60 bits per heavy atom. The fourth-order valence-electron chi connectivity index (χ4n) is 0. The molecule has 4 radical (unpaired) electrons. The molecule has 0 aromatic heterocycles. The summed E-state index contributed by atoms with van der Waals surface area (Å²) >= 11 is -1.72. The molecule has 0 heterocycles. The van der Waals surface area contributed by atoms with Gasteiger partial charge in [-0.25, -0.2) is 0 Å². The zero-order valence-electron chi connectivity index (χ0n) is 2.46. The van der Waals surface area contributed by atoms with E-state index in [4.69, 9.17) is 17.8 Å². The molecule has 0 amide bonds. The predicted octanol–water partition coefficient (Wildman–Crippen LogP) is 1.08. The molecule has 0 N–H and O–H groups in total. The third-order valence-corrected chi connectivity index (χ3v) is 8.07. The second-order valence-corrected chi connectivity index (χ2v) is 13.2. The van der Waals surface area contributed by atoms with Gasteiger partial charge in [-0.05, 0) is 0 Å². The summed E-state index contributed by atoms with van der Waals surface area (Å²) in [6.45, 7) is 0. The van der Waals surface area contributed by atoms with Crippen molar-refractivity contribution in [1.29, 1.82) is 0 Å². The van der Waals surface area contributed by atoms with Crippen LogP contribution in [0.2, 0.25) is 4.06 Å². The Morgan fingerprint density at radius 2 is 1.80 bits per heavy atom. The number of hydrogen-bond donors (Lipinski definition) is 0. The third kappa shape index (κ3) is 5.60. The maximum atomic E-state index is 5.38. The number of halogens is 2. The molecule has 0 aromatic carbocycles. The molecule has 28 valence electrons. The molecule has 4 heteroatoms. The van der Waals surface area contributed by atoms with E-state index in [1.807, 2.05) is 0 Å². The summed E-state index contributed by atoms with van der Waals surface area (Å²) in [4.78, 5) is 0. The fourth-order valence-corrected chi connectivity index (χ4v) is 0. The van der Waals surface area contributed by atoms with E-state index in [9.17, 15) is 0 Å². The molecule has 0 aliphatic heterocycles. The second kappa shape index (κ2) is 3.77. The molecular formula is CH2Cl2SiSn. The molecule has 0 atom stereocenters. The van der Waals surface area contributed by atoms with Gasteiger partial charge in [0.2, 0.25) is 0 Å². The first-order valence-electron chi connectivity index (χ1n) is 1.09. The predicted molar refractivity (Wildman–Crippen MR) is 28.0 cm³/mol. The van der Waals surface area contributed by atoms with Gasteiger partial charge in [-0.3, -0.25) is 0 Å². The maximum absolute atomic E-state index is 5.38. The van der Waals surface area contributed by atoms with E-state index in [1.54, 1.807) is 0 Å². The molecule has 0 bridgehead atoms. The first-order chi connectivity index (χ1) is 2.27. The van der Waals surface area contributed by atoms with Crippen LogP contribution in [0, 0.1) is 0 Å². The van der Waals surface area contributed by atoms with Crippen LogP contribution in [0.4, 0.5) is 0 Å². The van der Waals surface area contributed by atoms with Crippen molar-refractivity contribution in [3.63, 3.8) is 0 Å². The molecule has 5 heavy (non-hydrogen) atoms. The Kier molecular flexibility index (Phi) is 4.98. The van der Waals surface area contributed by atoms with Gasteiger partial charge in [-0.1, -0.05) is 0 Å². The van der Waals surface area contributed by atoms with Crippen molar-refractivity contribution < 1.29 is 0 Å². The monoisotopic (exact) mass is 232 g/mol. The van der Waals surface area contributed by atoms with Crippen LogP contribution in [0.3, 0.4) is 0 Å². The topological polar surface area (TPSA) is 0 Å². The standard InChI is InChI=1S/CH2Si.2ClH.Sn/c1-2;;;/h1H2;2*1H;/q;;;+2/p-2. The van der Waals surface area contributed by atoms with Crippen LogP contribution in [-0.2, 0) is 0 Å². The average molecular weight is 232 g/mol. The van der Waals surface area contributed by atoms with Crippen molar-refractivity contribution in [2.45, 2.75) is 4.06 Å². The molecule has 0 saturated heterocycles. The molecule has 0 spiro atoms. The normalized spacial score (nSPS) is 9.60. The van der Waals surface area contributed by atoms with Gasteiger partial charge in [0.15, 0.2) is 0 Å². The van der Waals surface area contributed by atoms with E-state index in [2.05, 4.69) is 10.2 Å². The van der Waals surface area contributed by atoms with Crippen LogP contribution in [0.15, 0.2) is 0 Å². The number of rotatable bonds is 1. The van der Waals surface area contributed by atoms with E-state index < -0.39 is 17.5 Å². The van der Waals surface area contributed by atoms with Crippen molar-refractivity contribution in [1.82, 2.24) is 0 Å². The van der Waals surface area contributed by atoms with Gasteiger partial charge in [-0.2, -0.15) is 0 Å². The first-order valence-corrected chi connectivity index (χ1v) is 11.0. The SMILES string of the molecule is [Si][CH2][Sn]([Cl])[Cl]. The molecule has 0 aliphatic rings. The van der Waals surface area contributed by atoms with E-state index in [1.165, 1.54) is 0 Å². The molecule has 0 nitrogen and oxygen atoms in total. The molecule has 0 rings (SSSR count). The molecule has 0 fully saturated rings. The zero-order chi connectivity index (χ0) is 4.28. The van der Waals surface area contributed by atoms with Crippen LogP contribution >= 0.6 is 17.8 Å². The van der Waals surface area contributed by atoms with E-state index in [-0.39, 0.29) is 0 Å². The summed E-state index contributed by atoms with van der Waals surface area (Å²) in [5.41, 5.74) is 0. The minimum absolute atomic E-state index is 0.839. The summed E-state index contributed by atoms with van der Waals surface area (Å²) in [7, 11) is 13.9. The first kappa shape index (κ1) is 6.60. The summed E-state index contributed by atoms with van der Waals surface area (Å²) in [5.74, 6) is 0. The van der Waals surface area contributed by atoms with Gasteiger partial charge < -0.3 is 0 Å². The second-order valence-electron chi connectivity index (χ2n) is 0.515. The molecule has 0 unspecified atom stereocenters. The Morgan fingerprint density at radius 3 is 1.80 bits per heavy atom. The minimum atomic E-state index is -1.72. The van der Waals surface area contributed by atoms with Crippen LogP contribution in [0.5, 0.6) is 0 Å². The summed E-state index contributed by atoms with van der Waals surface area (Å²) in [6.07, 6.45) is 0. The summed E-state index contributed by atoms with van der Waals surface area (Å²) < 4.78 is 0.839. The Hall–Kier alpha value is 1.60. The van der Waals surface area contributed by atoms with Crippen molar-refractivity contribution in [2.75, 3.05) is 0 Å². The van der Waals surface area contributed by atoms with Crippen molar-refractivity contribution >= 4 is 45.6 Å². The Labute approximate surface area is 49.4 Å². The van der Waals surface area contributed by atoms with Gasteiger partial charge in [0, 0.05) is 0 Å². The van der Waals surface area contributed by atoms with Crippen LogP contribution in [-0.4, -0.2) is 27.7 Å². The molecule has 0 saturated carbocycles. The van der Waals surface area contributed by atoms with E-state index in [0.717, 1.165) is 4.06 Å². The van der Waals surface area contributed by atoms with Gasteiger partial charge in [0.05, 0.1) is 0 Å². The molecule has 0 aromatic rings. The Bertz CT molecular complexity index is 23.6. The van der Waals surface area contributed by atoms with Gasteiger partial charge in [-0.15, -0.1) is 0 Å². The van der Waals surface area contributed by atoms with E-state index in [0.29, 0.717) is 0 Å². The van der Waals surface area contributed by atoms with Crippen molar-refractivity contribution in [3.8, 4) is 0 Å². The zero-order valence-corrected chi connectivity index (χ0v) is 7.83.